The van der Waals surface area contributed by atoms with E-state index in [1.165, 1.54) is 0 Å². The van der Waals surface area contributed by atoms with Gasteiger partial charge in [-0.2, -0.15) is 0 Å². The summed E-state index contributed by atoms with van der Waals surface area (Å²) in [6, 6.07) is 23.2. The second kappa shape index (κ2) is 9.06. The largest absolute Gasteiger partial charge is 0.493 e. The Hall–Kier alpha value is -3.57. The quantitative estimate of drug-likeness (QED) is 0.401. The fourth-order valence-electron chi connectivity index (χ4n) is 4.02. The van der Waals surface area contributed by atoms with Gasteiger partial charge < -0.3 is 14.5 Å². The van der Waals surface area contributed by atoms with E-state index in [4.69, 9.17) is 9.47 Å². The van der Waals surface area contributed by atoms with Crippen molar-refractivity contribution in [2.24, 2.45) is 0 Å². The van der Waals surface area contributed by atoms with Crippen LogP contribution in [0.15, 0.2) is 79.0 Å². The van der Waals surface area contributed by atoms with E-state index in [-0.39, 0.29) is 5.78 Å². The molecule has 158 valence electrons. The third-order valence-electron chi connectivity index (χ3n) is 5.54. The van der Waals surface area contributed by atoms with Crippen molar-refractivity contribution < 1.29 is 14.3 Å². The van der Waals surface area contributed by atoms with Crippen molar-refractivity contribution in [2.45, 2.75) is 12.6 Å². The summed E-state index contributed by atoms with van der Waals surface area (Å²) in [6.45, 7) is 0.577. The second-order valence-electron chi connectivity index (χ2n) is 7.53. The molecule has 4 rings (SSSR count). The third kappa shape index (κ3) is 4.18. The number of likely N-dealkylation sites (N-methyl/N-ethyl adjacent to an activating group) is 1. The van der Waals surface area contributed by atoms with Crippen molar-refractivity contribution >= 4 is 16.7 Å². The molecular formula is C26H26N2O3. The predicted octanol–water partition coefficient (Wildman–Crippen LogP) is 5.24. The van der Waals surface area contributed by atoms with E-state index < -0.39 is 6.04 Å². The van der Waals surface area contributed by atoms with Gasteiger partial charge in [0.05, 0.1) is 20.3 Å². The molecule has 0 aliphatic rings. The van der Waals surface area contributed by atoms with Crippen LogP contribution < -0.4 is 9.47 Å². The van der Waals surface area contributed by atoms with Crippen molar-refractivity contribution in [1.82, 2.24) is 9.88 Å². The zero-order valence-corrected chi connectivity index (χ0v) is 18.0. The molecule has 4 aromatic rings. The first kappa shape index (κ1) is 20.7. The van der Waals surface area contributed by atoms with E-state index in [9.17, 15) is 4.79 Å². The Bertz CT molecular complexity index is 1180. The summed E-state index contributed by atoms with van der Waals surface area (Å²) in [5.74, 6) is 1.42. The molecule has 1 heterocycles. The maximum Gasteiger partial charge on any atom is 0.186 e. The van der Waals surface area contributed by atoms with E-state index >= 15 is 0 Å². The number of carbonyl (C=O) groups excluding carboxylic acids is 1. The minimum absolute atomic E-state index is 0.0617. The number of ketones is 1. The molecule has 0 spiro atoms. The van der Waals surface area contributed by atoms with Crippen LogP contribution >= 0.6 is 0 Å². The van der Waals surface area contributed by atoms with Gasteiger partial charge in [-0.25, -0.2) is 0 Å². The average molecular weight is 415 g/mol. The van der Waals surface area contributed by atoms with Crippen LogP contribution in [0.5, 0.6) is 11.5 Å². The first-order chi connectivity index (χ1) is 15.1. The van der Waals surface area contributed by atoms with E-state index in [0.29, 0.717) is 23.6 Å². The molecule has 0 saturated heterocycles. The molecule has 0 aliphatic carbocycles. The highest BCUT2D eigenvalue weighted by atomic mass is 16.5. The average Bonchev–Trinajstić information content (AvgIpc) is 3.24. The fourth-order valence-corrected chi connectivity index (χ4v) is 4.02. The molecule has 1 N–H and O–H groups in total. The van der Waals surface area contributed by atoms with Gasteiger partial charge in [0, 0.05) is 29.2 Å². The Balaban J connectivity index is 1.69. The first-order valence-corrected chi connectivity index (χ1v) is 10.2. The number of H-pyrrole nitrogens is 1. The number of carbonyl (C=O) groups is 1. The number of aromatic nitrogens is 1. The molecule has 5 nitrogen and oxygen atoms in total. The predicted molar refractivity (Wildman–Crippen MR) is 123 cm³/mol. The second-order valence-corrected chi connectivity index (χ2v) is 7.53. The van der Waals surface area contributed by atoms with Gasteiger partial charge in [-0.3, -0.25) is 9.69 Å². The highest BCUT2D eigenvalue weighted by Crippen LogP contribution is 2.31. The molecular weight excluding hydrogens is 388 g/mol. The van der Waals surface area contributed by atoms with E-state index in [1.807, 2.05) is 86.0 Å². The number of Topliss-reactive ketones (excluding diaryl/α,β-unsaturated/α-hetero) is 1. The van der Waals surface area contributed by atoms with Gasteiger partial charge in [-0.15, -0.1) is 0 Å². The Labute approximate surface area is 182 Å². The Morgan fingerprint density at radius 2 is 1.65 bits per heavy atom. The van der Waals surface area contributed by atoms with Gasteiger partial charge in [-0.1, -0.05) is 54.6 Å². The lowest BCUT2D eigenvalue weighted by molar-refractivity contribution is 0.0845. The number of para-hydroxylation sites is 1. The van der Waals surface area contributed by atoms with Gasteiger partial charge in [0.2, 0.25) is 0 Å². The van der Waals surface area contributed by atoms with Gasteiger partial charge in [0.1, 0.15) is 0 Å². The Morgan fingerprint density at radius 3 is 2.39 bits per heavy atom. The van der Waals surface area contributed by atoms with E-state index in [0.717, 1.165) is 22.0 Å². The number of methoxy groups -OCH3 is 2. The van der Waals surface area contributed by atoms with Gasteiger partial charge in [0.15, 0.2) is 17.3 Å². The minimum atomic E-state index is -0.423. The number of aromatic amines is 1. The third-order valence-corrected chi connectivity index (χ3v) is 5.54. The molecule has 0 unspecified atom stereocenters. The number of nitrogens with zero attached hydrogens (tertiary/aromatic N) is 1. The summed E-state index contributed by atoms with van der Waals surface area (Å²) in [5.41, 5.74) is 3.65. The summed E-state index contributed by atoms with van der Waals surface area (Å²) in [7, 11) is 5.22. The van der Waals surface area contributed by atoms with Crippen molar-refractivity contribution in [1.29, 1.82) is 0 Å². The van der Waals surface area contributed by atoms with Crippen molar-refractivity contribution in [2.75, 3.05) is 21.3 Å². The number of ether oxygens (including phenoxy) is 2. The minimum Gasteiger partial charge on any atom is -0.493 e. The lowest BCUT2D eigenvalue weighted by Crippen LogP contribution is -2.30. The van der Waals surface area contributed by atoms with Crippen molar-refractivity contribution in [3.05, 3.63) is 95.7 Å². The summed E-state index contributed by atoms with van der Waals surface area (Å²) < 4.78 is 10.8. The zero-order chi connectivity index (χ0) is 21.8. The van der Waals surface area contributed by atoms with Crippen LogP contribution in [-0.4, -0.2) is 36.9 Å². The molecule has 3 aromatic carbocycles. The highest BCUT2D eigenvalue weighted by molar-refractivity contribution is 6.10. The summed E-state index contributed by atoms with van der Waals surface area (Å²) in [4.78, 5) is 19.1. The number of hydrogen-bond donors (Lipinski definition) is 1. The normalized spacial score (nSPS) is 12.1. The van der Waals surface area contributed by atoms with Gasteiger partial charge >= 0.3 is 0 Å². The Morgan fingerprint density at radius 1 is 0.935 bits per heavy atom. The zero-order valence-electron chi connectivity index (χ0n) is 18.0. The standard InChI is InChI=1S/C26H26N2O3/c1-28(17-18-13-14-23(30-2)24(15-18)31-3)25(19-9-5-4-6-10-19)26(29)21-16-27-22-12-8-7-11-20(21)22/h4-16,25,27H,17H2,1-3H3/t25-/m0/s1. The molecule has 1 aromatic heterocycles. The summed E-state index contributed by atoms with van der Waals surface area (Å²) >= 11 is 0. The molecule has 0 fully saturated rings. The van der Waals surface area contributed by atoms with Crippen LogP contribution in [0.2, 0.25) is 0 Å². The van der Waals surface area contributed by atoms with E-state index in [1.54, 1.807) is 14.2 Å². The van der Waals surface area contributed by atoms with Crippen LogP contribution in [0.3, 0.4) is 0 Å². The van der Waals surface area contributed by atoms with Crippen molar-refractivity contribution in [3.63, 3.8) is 0 Å². The lowest BCUT2D eigenvalue weighted by atomic mass is 9.95. The van der Waals surface area contributed by atoms with Crippen molar-refractivity contribution in [3.8, 4) is 11.5 Å². The molecule has 1 atom stereocenters. The molecule has 0 radical (unpaired) electrons. The van der Waals surface area contributed by atoms with Gasteiger partial charge in [-0.05, 0) is 36.4 Å². The smallest absolute Gasteiger partial charge is 0.186 e. The number of rotatable bonds is 8. The molecule has 0 bridgehead atoms. The molecule has 5 heteroatoms. The number of benzene rings is 3. The first-order valence-electron chi connectivity index (χ1n) is 10.2. The van der Waals surface area contributed by atoms with Crippen LogP contribution in [0.1, 0.15) is 27.5 Å². The maximum atomic E-state index is 13.8. The summed E-state index contributed by atoms with van der Waals surface area (Å²) in [5, 5.41) is 0.938. The lowest BCUT2D eigenvalue weighted by Gasteiger charge is -2.27. The number of fused-ring (bicyclic) bond motifs is 1. The van der Waals surface area contributed by atoms with Crippen LogP contribution in [0.4, 0.5) is 0 Å². The number of hydrogen-bond acceptors (Lipinski definition) is 4. The summed E-state index contributed by atoms with van der Waals surface area (Å²) in [6.07, 6.45) is 1.81. The number of nitrogens with one attached hydrogen (secondary N) is 1. The molecule has 0 amide bonds. The topological polar surface area (TPSA) is 54.6 Å². The SMILES string of the molecule is COc1ccc(CN(C)[C@H](C(=O)c2c[nH]c3ccccc23)c2ccccc2)cc1OC. The maximum absolute atomic E-state index is 13.8. The van der Waals surface area contributed by atoms with Crippen LogP contribution in [0.25, 0.3) is 10.9 Å². The highest BCUT2D eigenvalue weighted by Gasteiger charge is 2.28. The fraction of sp³-hybridized carbons (Fsp3) is 0.192. The monoisotopic (exact) mass is 414 g/mol. The molecule has 31 heavy (non-hydrogen) atoms. The molecule has 0 saturated carbocycles. The van der Waals surface area contributed by atoms with E-state index in [2.05, 4.69) is 9.88 Å². The molecule has 0 aliphatic heterocycles. The van der Waals surface area contributed by atoms with Gasteiger partial charge in [0.25, 0.3) is 0 Å². The Kier molecular flexibility index (Phi) is 6.05. The van der Waals surface area contributed by atoms with Crippen LogP contribution in [0, 0.1) is 0 Å². The van der Waals surface area contributed by atoms with Crippen LogP contribution in [-0.2, 0) is 6.54 Å².